The molecule has 1 aromatic carbocycles. The number of fused-ring (bicyclic) bond motifs is 1. The summed E-state index contributed by atoms with van der Waals surface area (Å²) < 4.78 is 1.45. The first-order valence-corrected chi connectivity index (χ1v) is 7.35. The van der Waals surface area contributed by atoms with Crippen molar-refractivity contribution in [3.05, 3.63) is 35.2 Å². The fourth-order valence-corrected chi connectivity index (χ4v) is 4.05. The van der Waals surface area contributed by atoms with E-state index in [1.807, 2.05) is 11.3 Å². The first kappa shape index (κ1) is 11.2. The summed E-state index contributed by atoms with van der Waals surface area (Å²) in [7, 11) is 0. The molecule has 2 N–H and O–H groups in total. The van der Waals surface area contributed by atoms with E-state index < -0.39 is 0 Å². The molecule has 0 bridgehead atoms. The molecule has 0 spiro atoms. The average molecular weight is 245 g/mol. The van der Waals surface area contributed by atoms with Gasteiger partial charge in [-0.05, 0) is 47.6 Å². The van der Waals surface area contributed by atoms with Gasteiger partial charge in [-0.25, -0.2) is 0 Å². The van der Waals surface area contributed by atoms with Crippen LogP contribution in [-0.2, 0) is 0 Å². The van der Waals surface area contributed by atoms with Gasteiger partial charge in [-0.2, -0.15) is 0 Å². The molecule has 0 radical (unpaired) electrons. The normalized spacial score (nSPS) is 29.6. The topological polar surface area (TPSA) is 26.0 Å². The Bertz CT molecular complexity index is 516. The summed E-state index contributed by atoms with van der Waals surface area (Å²) in [4.78, 5) is 0. The highest BCUT2D eigenvalue weighted by Gasteiger charge is 2.28. The Morgan fingerprint density at radius 3 is 3.00 bits per heavy atom. The molecule has 3 rings (SSSR count). The Labute approximate surface area is 107 Å². The third kappa shape index (κ3) is 2.00. The molecule has 3 atom stereocenters. The van der Waals surface area contributed by atoms with Crippen molar-refractivity contribution < 1.29 is 0 Å². The van der Waals surface area contributed by atoms with E-state index in [9.17, 15) is 0 Å². The standard InChI is InChI=1S/C15H19NS/c1-10-5-6-14(16)13(9-10)12-4-2-3-11-7-8-17-15(11)12/h2-4,7-8,10,13-14H,5-6,9,16H2,1H3. The van der Waals surface area contributed by atoms with Gasteiger partial charge in [0.1, 0.15) is 0 Å². The summed E-state index contributed by atoms with van der Waals surface area (Å²) in [6, 6.07) is 9.21. The molecular formula is C15H19NS. The molecule has 1 saturated carbocycles. The lowest BCUT2D eigenvalue weighted by molar-refractivity contribution is 0.307. The van der Waals surface area contributed by atoms with Gasteiger partial charge in [-0.3, -0.25) is 0 Å². The van der Waals surface area contributed by atoms with Gasteiger partial charge in [-0.1, -0.05) is 25.1 Å². The van der Waals surface area contributed by atoms with Gasteiger partial charge in [0.25, 0.3) is 0 Å². The van der Waals surface area contributed by atoms with Crippen LogP contribution in [0.15, 0.2) is 29.6 Å². The van der Waals surface area contributed by atoms with E-state index in [0.717, 1.165) is 5.92 Å². The molecule has 0 amide bonds. The first-order chi connectivity index (χ1) is 8.25. The van der Waals surface area contributed by atoms with Gasteiger partial charge >= 0.3 is 0 Å². The van der Waals surface area contributed by atoms with Crippen molar-refractivity contribution in [1.29, 1.82) is 0 Å². The highest BCUT2D eigenvalue weighted by molar-refractivity contribution is 7.17. The lowest BCUT2D eigenvalue weighted by Crippen LogP contribution is -2.33. The van der Waals surface area contributed by atoms with E-state index in [2.05, 4.69) is 36.6 Å². The molecule has 1 heterocycles. The minimum absolute atomic E-state index is 0.346. The summed E-state index contributed by atoms with van der Waals surface area (Å²) in [5, 5.41) is 3.56. The summed E-state index contributed by atoms with van der Waals surface area (Å²) in [6.45, 7) is 2.35. The second-order valence-electron chi connectivity index (χ2n) is 5.37. The van der Waals surface area contributed by atoms with Gasteiger partial charge in [0.15, 0.2) is 0 Å². The molecule has 1 aromatic heterocycles. The van der Waals surface area contributed by atoms with Gasteiger partial charge in [0, 0.05) is 16.7 Å². The summed E-state index contributed by atoms with van der Waals surface area (Å²) >= 11 is 1.86. The van der Waals surface area contributed by atoms with Crippen molar-refractivity contribution in [3.8, 4) is 0 Å². The quantitative estimate of drug-likeness (QED) is 0.803. The third-order valence-electron chi connectivity index (χ3n) is 4.07. The third-order valence-corrected chi connectivity index (χ3v) is 5.05. The van der Waals surface area contributed by atoms with Gasteiger partial charge in [0.05, 0.1) is 0 Å². The van der Waals surface area contributed by atoms with Crippen LogP contribution in [0.2, 0.25) is 0 Å². The zero-order valence-corrected chi connectivity index (χ0v) is 11.0. The van der Waals surface area contributed by atoms with Gasteiger partial charge in [-0.15, -0.1) is 11.3 Å². The highest BCUT2D eigenvalue weighted by Crippen LogP contribution is 2.39. The molecule has 0 saturated heterocycles. The minimum Gasteiger partial charge on any atom is -0.327 e. The fourth-order valence-electron chi connectivity index (χ4n) is 3.07. The molecule has 2 aromatic rings. The number of hydrogen-bond donors (Lipinski definition) is 1. The number of benzene rings is 1. The second kappa shape index (κ2) is 4.43. The molecule has 1 aliphatic rings. The summed E-state index contributed by atoms with van der Waals surface area (Å²) in [6.07, 6.45) is 3.71. The molecule has 1 fully saturated rings. The molecule has 2 heteroatoms. The maximum Gasteiger partial charge on any atom is 0.0378 e. The summed E-state index contributed by atoms with van der Waals surface area (Å²) in [5.74, 6) is 1.37. The largest absolute Gasteiger partial charge is 0.327 e. The van der Waals surface area contributed by atoms with Crippen molar-refractivity contribution >= 4 is 21.4 Å². The van der Waals surface area contributed by atoms with Gasteiger partial charge in [0.2, 0.25) is 0 Å². The zero-order valence-electron chi connectivity index (χ0n) is 10.2. The van der Waals surface area contributed by atoms with Crippen molar-refractivity contribution in [3.63, 3.8) is 0 Å². The number of nitrogens with two attached hydrogens (primary N) is 1. The number of hydrogen-bond acceptors (Lipinski definition) is 2. The first-order valence-electron chi connectivity index (χ1n) is 6.47. The van der Waals surface area contributed by atoms with Crippen molar-refractivity contribution in [2.75, 3.05) is 0 Å². The summed E-state index contributed by atoms with van der Waals surface area (Å²) in [5.41, 5.74) is 7.82. The van der Waals surface area contributed by atoms with Crippen molar-refractivity contribution in [2.45, 2.75) is 38.1 Å². The van der Waals surface area contributed by atoms with E-state index in [1.54, 1.807) is 0 Å². The van der Waals surface area contributed by atoms with Crippen LogP contribution in [0.5, 0.6) is 0 Å². The Kier molecular flexibility index (Phi) is 2.93. The van der Waals surface area contributed by atoms with Crippen LogP contribution < -0.4 is 5.73 Å². The number of thiophene rings is 1. The van der Waals surface area contributed by atoms with Crippen LogP contribution in [0.4, 0.5) is 0 Å². The van der Waals surface area contributed by atoms with E-state index in [-0.39, 0.29) is 0 Å². The smallest absolute Gasteiger partial charge is 0.0378 e. The molecule has 90 valence electrons. The minimum atomic E-state index is 0.346. The van der Waals surface area contributed by atoms with E-state index in [1.165, 1.54) is 34.9 Å². The zero-order chi connectivity index (χ0) is 11.8. The van der Waals surface area contributed by atoms with Crippen LogP contribution in [0.3, 0.4) is 0 Å². The molecule has 0 aliphatic heterocycles. The van der Waals surface area contributed by atoms with Crippen LogP contribution in [0, 0.1) is 5.92 Å². The monoisotopic (exact) mass is 245 g/mol. The Morgan fingerprint density at radius 2 is 2.12 bits per heavy atom. The Hall–Kier alpha value is -0.860. The predicted octanol–water partition coefficient (Wildman–Crippen LogP) is 4.13. The lowest BCUT2D eigenvalue weighted by Gasteiger charge is -2.33. The van der Waals surface area contributed by atoms with Crippen LogP contribution in [0.25, 0.3) is 10.1 Å². The lowest BCUT2D eigenvalue weighted by atomic mass is 9.75. The van der Waals surface area contributed by atoms with Gasteiger partial charge < -0.3 is 5.73 Å². The highest BCUT2D eigenvalue weighted by atomic mass is 32.1. The second-order valence-corrected chi connectivity index (χ2v) is 6.29. The average Bonchev–Trinajstić information content (AvgIpc) is 2.80. The molecule has 1 aliphatic carbocycles. The number of rotatable bonds is 1. The molecular weight excluding hydrogens is 226 g/mol. The SMILES string of the molecule is CC1CCC(N)C(c2cccc3ccsc23)C1. The predicted molar refractivity (Wildman–Crippen MR) is 75.6 cm³/mol. The van der Waals surface area contributed by atoms with Crippen LogP contribution >= 0.6 is 11.3 Å². The maximum absolute atomic E-state index is 6.34. The maximum atomic E-state index is 6.34. The van der Waals surface area contributed by atoms with Crippen molar-refractivity contribution in [2.24, 2.45) is 11.7 Å². The Balaban J connectivity index is 2.04. The molecule has 1 nitrogen and oxygen atoms in total. The van der Waals surface area contributed by atoms with Crippen LogP contribution in [0.1, 0.15) is 37.7 Å². The Morgan fingerprint density at radius 1 is 1.24 bits per heavy atom. The molecule has 3 unspecified atom stereocenters. The fraction of sp³-hybridized carbons (Fsp3) is 0.467. The van der Waals surface area contributed by atoms with E-state index in [4.69, 9.17) is 5.73 Å². The van der Waals surface area contributed by atoms with E-state index in [0.29, 0.717) is 12.0 Å². The van der Waals surface area contributed by atoms with E-state index >= 15 is 0 Å². The van der Waals surface area contributed by atoms with Crippen molar-refractivity contribution in [1.82, 2.24) is 0 Å². The molecule has 17 heavy (non-hydrogen) atoms. The van der Waals surface area contributed by atoms with Crippen LogP contribution in [-0.4, -0.2) is 6.04 Å².